The van der Waals surface area contributed by atoms with Crippen molar-refractivity contribution in [3.05, 3.63) is 28.2 Å². The van der Waals surface area contributed by atoms with Crippen molar-refractivity contribution in [2.75, 3.05) is 16.8 Å². The van der Waals surface area contributed by atoms with E-state index in [4.69, 9.17) is 5.26 Å². The Morgan fingerprint density at radius 1 is 1.62 bits per heavy atom. The van der Waals surface area contributed by atoms with E-state index in [0.717, 1.165) is 15.7 Å². The van der Waals surface area contributed by atoms with Crippen LogP contribution in [0.2, 0.25) is 0 Å². The molecule has 5 heteroatoms. The summed E-state index contributed by atoms with van der Waals surface area (Å²) < 4.78 is 0.988. The fraction of sp³-hybridized carbons (Fsp3) is 0.273. The number of amides is 1. The maximum absolute atomic E-state index is 11.5. The van der Waals surface area contributed by atoms with Crippen LogP contribution >= 0.6 is 27.7 Å². The summed E-state index contributed by atoms with van der Waals surface area (Å²) in [5, 5.41) is 11.1. The molecule has 0 aromatic heterocycles. The number of hydrogen-bond acceptors (Lipinski definition) is 3. The van der Waals surface area contributed by atoms with E-state index >= 15 is 0 Å². The van der Waals surface area contributed by atoms with Gasteiger partial charge >= 0.3 is 0 Å². The molecule has 1 aromatic rings. The van der Waals surface area contributed by atoms with Crippen molar-refractivity contribution >= 4 is 39.3 Å². The van der Waals surface area contributed by atoms with Gasteiger partial charge in [0.05, 0.1) is 17.6 Å². The second kappa shape index (κ2) is 6.56. The van der Waals surface area contributed by atoms with E-state index in [-0.39, 0.29) is 5.91 Å². The fourth-order valence-corrected chi connectivity index (χ4v) is 2.07. The van der Waals surface area contributed by atoms with Crippen molar-refractivity contribution in [1.82, 2.24) is 0 Å². The zero-order valence-electron chi connectivity index (χ0n) is 8.79. The van der Waals surface area contributed by atoms with Crippen LogP contribution in [0.25, 0.3) is 0 Å². The molecule has 1 rings (SSSR count). The van der Waals surface area contributed by atoms with Crippen LogP contribution in [-0.4, -0.2) is 17.4 Å². The number of halogens is 1. The number of rotatable bonds is 4. The second-order valence-electron chi connectivity index (χ2n) is 3.16. The molecular formula is C11H11BrN2OS. The van der Waals surface area contributed by atoms with Gasteiger partial charge in [0.2, 0.25) is 5.91 Å². The summed E-state index contributed by atoms with van der Waals surface area (Å²) in [5.74, 6) is 0.571. The van der Waals surface area contributed by atoms with Crippen molar-refractivity contribution in [3.63, 3.8) is 0 Å². The number of nitrogens with one attached hydrogen (secondary N) is 1. The van der Waals surface area contributed by atoms with Crippen LogP contribution in [-0.2, 0) is 4.79 Å². The van der Waals surface area contributed by atoms with E-state index in [0.29, 0.717) is 11.5 Å². The Labute approximate surface area is 107 Å². The molecule has 0 spiro atoms. The van der Waals surface area contributed by atoms with Crippen LogP contribution in [0.3, 0.4) is 0 Å². The highest BCUT2D eigenvalue weighted by Gasteiger charge is 2.04. The van der Waals surface area contributed by atoms with Gasteiger partial charge in [-0.05, 0) is 30.7 Å². The third kappa shape index (κ3) is 4.25. The lowest BCUT2D eigenvalue weighted by atomic mass is 10.2. The first-order valence-electron chi connectivity index (χ1n) is 4.64. The Balaban J connectivity index is 2.53. The molecule has 0 aliphatic rings. The quantitative estimate of drug-likeness (QED) is 0.870. The average molecular weight is 299 g/mol. The minimum absolute atomic E-state index is 0.0781. The third-order valence-corrected chi connectivity index (χ3v) is 3.16. The fourth-order valence-electron chi connectivity index (χ4n) is 1.14. The molecule has 0 heterocycles. The molecular weight excluding hydrogens is 288 g/mol. The van der Waals surface area contributed by atoms with Crippen molar-refractivity contribution in [1.29, 1.82) is 5.26 Å². The molecule has 0 radical (unpaired) electrons. The lowest BCUT2D eigenvalue weighted by Gasteiger charge is -2.07. The van der Waals surface area contributed by atoms with Crippen molar-refractivity contribution in [2.45, 2.75) is 6.92 Å². The van der Waals surface area contributed by atoms with Gasteiger partial charge in [0, 0.05) is 10.2 Å². The highest BCUT2D eigenvalue weighted by molar-refractivity contribution is 9.10. The number of nitriles is 1. The van der Waals surface area contributed by atoms with E-state index in [1.165, 1.54) is 11.8 Å². The first-order chi connectivity index (χ1) is 7.63. The third-order valence-electron chi connectivity index (χ3n) is 1.86. The first-order valence-corrected chi connectivity index (χ1v) is 6.59. The first kappa shape index (κ1) is 13.1. The summed E-state index contributed by atoms with van der Waals surface area (Å²) in [6.07, 6.45) is 0. The molecule has 0 aliphatic heterocycles. The Bertz CT molecular complexity index is 428. The number of anilines is 1. The van der Waals surface area contributed by atoms with Gasteiger partial charge in [0.15, 0.2) is 0 Å². The lowest BCUT2D eigenvalue weighted by Crippen LogP contribution is -2.15. The van der Waals surface area contributed by atoms with E-state index < -0.39 is 0 Å². The number of aryl methyl sites for hydroxylation is 1. The van der Waals surface area contributed by atoms with Gasteiger partial charge < -0.3 is 5.32 Å². The van der Waals surface area contributed by atoms with Crippen molar-refractivity contribution in [2.24, 2.45) is 0 Å². The van der Waals surface area contributed by atoms with Crippen LogP contribution in [0.1, 0.15) is 5.56 Å². The molecule has 0 unspecified atom stereocenters. The van der Waals surface area contributed by atoms with Crippen LogP contribution in [0.4, 0.5) is 5.69 Å². The van der Waals surface area contributed by atoms with E-state index in [1.54, 1.807) is 0 Å². The molecule has 0 saturated carbocycles. The van der Waals surface area contributed by atoms with Gasteiger partial charge in [-0.25, -0.2) is 0 Å². The minimum Gasteiger partial charge on any atom is -0.325 e. The number of hydrogen-bond donors (Lipinski definition) is 1. The predicted molar refractivity (Wildman–Crippen MR) is 70.4 cm³/mol. The van der Waals surface area contributed by atoms with E-state index in [9.17, 15) is 4.79 Å². The van der Waals surface area contributed by atoms with Crippen molar-refractivity contribution < 1.29 is 4.79 Å². The predicted octanol–water partition coefficient (Wildman–Crippen LogP) is 2.95. The number of nitrogens with zero attached hydrogens (tertiary/aromatic N) is 1. The van der Waals surface area contributed by atoms with Crippen molar-refractivity contribution in [3.8, 4) is 6.07 Å². The maximum Gasteiger partial charge on any atom is 0.234 e. The number of carbonyl (C=O) groups excluding carboxylic acids is 1. The summed E-state index contributed by atoms with van der Waals surface area (Å²) in [6.45, 7) is 1.93. The van der Waals surface area contributed by atoms with Crippen LogP contribution < -0.4 is 5.32 Å². The standard InChI is InChI=1S/C11H11BrN2OS/c1-8-6-9(12)2-3-10(8)14-11(15)7-16-5-4-13/h2-3,6H,5,7H2,1H3,(H,14,15). The molecule has 1 aromatic carbocycles. The highest BCUT2D eigenvalue weighted by Crippen LogP contribution is 2.20. The Kier molecular flexibility index (Phi) is 5.36. The summed E-state index contributed by atoms with van der Waals surface area (Å²) in [7, 11) is 0. The molecule has 0 fully saturated rings. The van der Waals surface area contributed by atoms with Crippen LogP contribution in [0.5, 0.6) is 0 Å². The zero-order valence-corrected chi connectivity index (χ0v) is 11.2. The number of benzene rings is 1. The normalized spacial score (nSPS) is 9.56. The minimum atomic E-state index is -0.0781. The molecule has 16 heavy (non-hydrogen) atoms. The van der Waals surface area contributed by atoms with Gasteiger partial charge in [0.1, 0.15) is 0 Å². The average Bonchev–Trinajstić information content (AvgIpc) is 2.23. The van der Waals surface area contributed by atoms with Gasteiger partial charge in [-0.2, -0.15) is 5.26 Å². The van der Waals surface area contributed by atoms with E-state index in [1.807, 2.05) is 31.2 Å². The second-order valence-corrected chi connectivity index (χ2v) is 5.06. The molecule has 0 bridgehead atoms. The molecule has 0 saturated heterocycles. The summed E-state index contributed by atoms with van der Waals surface area (Å²) in [4.78, 5) is 11.5. The van der Waals surface area contributed by atoms with E-state index in [2.05, 4.69) is 21.2 Å². The maximum atomic E-state index is 11.5. The summed E-state index contributed by atoms with van der Waals surface area (Å²) in [6, 6.07) is 7.66. The molecule has 1 amide bonds. The lowest BCUT2D eigenvalue weighted by molar-refractivity contribution is -0.113. The molecule has 0 atom stereocenters. The monoisotopic (exact) mass is 298 g/mol. The Morgan fingerprint density at radius 3 is 3.00 bits per heavy atom. The van der Waals surface area contributed by atoms with Crippen LogP contribution in [0, 0.1) is 18.3 Å². The summed E-state index contributed by atoms with van der Waals surface area (Å²) in [5.41, 5.74) is 1.82. The smallest absolute Gasteiger partial charge is 0.234 e. The van der Waals surface area contributed by atoms with Gasteiger partial charge in [-0.15, -0.1) is 11.8 Å². The molecule has 0 aliphatic carbocycles. The van der Waals surface area contributed by atoms with Crippen LogP contribution in [0.15, 0.2) is 22.7 Å². The molecule has 1 N–H and O–H groups in total. The number of carbonyl (C=O) groups is 1. The topological polar surface area (TPSA) is 52.9 Å². The van der Waals surface area contributed by atoms with Gasteiger partial charge in [0.25, 0.3) is 0 Å². The zero-order chi connectivity index (χ0) is 12.0. The van der Waals surface area contributed by atoms with Gasteiger partial charge in [-0.3, -0.25) is 4.79 Å². The highest BCUT2D eigenvalue weighted by atomic mass is 79.9. The Hall–Kier alpha value is -0.990. The van der Waals surface area contributed by atoms with Gasteiger partial charge in [-0.1, -0.05) is 15.9 Å². The SMILES string of the molecule is Cc1cc(Br)ccc1NC(=O)CSCC#N. The summed E-state index contributed by atoms with van der Waals surface area (Å²) >= 11 is 4.67. The molecule has 84 valence electrons. The number of thioether (sulfide) groups is 1. The largest absolute Gasteiger partial charge is 0.325 e. The Morgan fingerprint density at radius 2 is 2.38 bits per heavy atom. The molecule has 3 nitrogen and oxygen atoms in total.